The third kappa shape index (κ3) is 1.67. The number of nitrogens with one attached hydrogen (secondary N) is 1. The number of amides is 1. The van der Waals surface area contributed by atoms with Crippen LogP contribution in [0, 0.1) is 11.5 Å². The quantitative estimate of drug-likeness (QED) is 0.562. The van der Waals surface area contributed by atoms with Gasteiger partial charge in [-0.3, -0.25) is 9.69 Å². The fourth-order valence-electron chi connectivity index (χ4n) is 1.49. The second-order valence-electron chi connectivity index (χ2n) is 2.92. The minimum absolute atomic E-state index is 0.0451. The fourth-order valence-corrected chi connectivity index (χ4v) is 1.49. The Bertz CT molecular complexity index is 209. The summed E-state index contributed by atoms with van der Waals surface area (Å²) in [7, 11) is 1.60. The number of hydrogen-bond acceptors (Lipinski definition) is 3. The molecule has 0 aromatic rings. The molecule has 4 heteroatoms. The van der Waals surface area contributed by atoms with Crippen molar-refractivity contribution in [2.24, 2.45) is 0 Å². The molecule has 66 valence electrons. The van der Waals surface area contributed by atoms with Gasteiger partial charge in [-0.05, 0) is 19.3 Å². The summed E-state index contributed by atoms with van der Waals surface area (Å²) in [4.78, 5) is 12.8. The highest BCUT2D eigenvalue weighted by atomic mass is 16.2. The van der Waals surface area contributed by atoms with Crippen LogP contribution < -0.4 is 5.32 Å². The number of carbonyl (C=O) groups is 1. The van der Waals surface area contributed by atoms with Crippen molar-refractivity contribution >= 4 is 5.91 Å². The molecule has 1 atom stereocenters. The molecular weight excluding hydrogens is 154 g/mol. The first kappa shape index (κ1) is 8.85. The van der Waals surface area contributed by atoms with Crippen molar-refractivity contribution in [1.82, 2.24) is 10.2 Å². The average Bonchev–Trinajstić information content (AvgIpc) is 2.16. The smallest absolute Gasteiger partial charge is 0.243 e. The highest BCUT2D eigenvalue weighted by Gasteiger charge is 2.26. The van der Waals surface area contributed by atoms with Crippen LogP contribution in [-0.4, -0.2) is 30.4 Å². The van der Waals surface area contributed by atoms with Gasteiger partial charge in [0, 0.05) is 13.6 Å². The zero-order valence-electron chi connectivity index (χ0n) is 7.21. The van der Waals surface area contributed by atoms with Crippen LogP contribution in [0.5, 0.6) is 0 Å². The van der Waals surface area contributed by atoms with E-state index in [0.29, 0.717) is 6.54 Å². The van der Waals surface area contributed by atoms with E-state index >= 15 is 0 Å². The van der Waals surface area contributed by atoms with Gasteiger partial charge in [0.05, 0.1) is 0 Å². The largest absolute Gasteiger partial charge is 0.357 e. The maximum absolute atomic E-state index is 11.2. The van der Waals surface area contributed by atoms with Gasteiger partial charge in [0.25, 0.3) is 0 Å². The fraction of sp³-hybridized carbons (Fsp3) is 0.750. The number of rotatable bonds is 1. The lowest BCUT2D eigenvalue weighted by atomic mass is 10.0. The normalized spacial score (nSPS) is 23.0. The summed E-state index contributed by atoms with van der Waals surface area (Å²) in [5, 5.41) is 11.3. The number of piperidine rings is 1. The van der Waals surface area contributed by atoms with Gasteiger partial charge in [0.15, 0.2) is 6.19 Å². The van der Waals surface area contributed by atoms with Crippen LogP contribution in [0.4, 0.5) is 0 Å². The van der Waals surface area contributed by atoms with Crippen molar-refractivity contribution in [2.45, 2.75) is 25.3 Å². The zero-order valence-corrected chi connectivity index (χ0v) is 7.21. The highest BCUT2D eigenvalue weighted by molar-refractivity contribution is 5.81. The molecule has 0 aromatic carbocycles. The summed E-state index contributed by atoms with van der Waals surface area (Å²) in [5.41, 5.74) is 0. The van der Waals surface area contributed by atoms with Crippen molar-refractivity contribution in [2.75, 3.05) is 13.6 Å². The van der Waals surface area contributed by atoms with E-state index in [9.17, 15) is 4.79 Å². The molecule has 1 aliphatic heterocycles. The Hall–Kier alpha value is -1.24. The van der Waals surface area contributed by atoms with Crippen molar-refractivity contribution in [1.29, 1.82) is 5.26 Å². The molecule has 0 spiro atoms. The van der Waals surface area contributed by atoms with Gasteiger partial charge in [-0.15, -0.1) is 0 Å². The third-order valence-corrected chi connectivity index (χ3v) is 2.18. The summed E-state index contributed by atoms with van der Waals surface area (Å²) in [6, 6.07) is -0.228. The van der Waals surface area contributed by atoms with Gasteiger partial charge < -0.3 is 5.32 Å². The number of hydrogen-bond donors (Lipinski definition) is 1. The number of likely N-dealkylation sites (N-methyl/N-ethyl adjacent to an activating group) is 1. The van der Waals surface area contributed by atoms with Gasteiger partial charge in [-0.1, -0.05) is 0 Å². The lowest BCUT2D eigenvalue weighted by molar-refractivity contribution is -0.125. The lowest BCUT2D eigenvalue weighted by Crippen LogP contribution is -2.46. The summed E-state index contributed by atoms with van der Waals surface area (Å²) >= 11 is 0. The molecule has 0 radical (unpaired) electrons. The van der Waals surface area contributed by atoms with Crippen molar-refractivity contribution in [3.05, 3.63) is 0 Å². The molecule has 12 heavy (non-hydrogen) atoms. The number of nitriles is 1. The Labute approximate surface area is 72.2 Å². The molecule has 0 aliphatic carbocycles. The third-order valence-electron chi connectivity index (χ3n) is 2.18. The summed E-state index contributed by atoms with van der Waals surface area (Å²) < 4.78 is 0. The average molecular weight is 167 g/mol. The van der Waals surface area contributed by atoms with Crippen molar-refractivity contribution < 1.29 is 4.79 Å². The number of nitrogens with zero attached hydrogens (tertiary/aromatic N) is 2. The second-order valence-corrected chi connectivity index (χ2v) is 2.92. The molecule has 0 bridgehead atoms. The van der Waals surface area contributed by atoms with Crippen LogP contribution >= 0.6 is 0 Å². The second kappa shape index (κ2) is 3.96. The van der Waals surface area contributed by atoms with E-state index < -0.39 is 0 Å². The monoisotopic (exact) mass is 167 g/mol. The van der Waals surface area contributed by atoms with E-state index in [4.69, 9.17) is 5.26 Å². The molecule has 1 N–H and O–H groups in total. The predicted molar refractivity (Wildman–Crippen MR) is 44.0 cm³/mol. The van der Waals surface area contributed by atoms with E-state index in [1.165, 1.54) is 0 Å². The topological polar surface area (TPSA) is 56.1 Å². The molecule has 1 rings (SSSR count). The molecule has 4 nitrogen and oxygen atoms in total. The van der Waals surface area contributed by atoms with Crippen LogP contribution in [0.1, 0.15) is 19.3 Å². The van der Waals surface area contributed by atoms with Gasteiger partial charge in [-0.25, -0.2) is 0 Å². The molecular formula is C8H13N3O. The number of likely N-dealkylation sites (tertiary alicyclic amines) is 1. The minimum Gasteiger partial charge on any atom is -0.357 e. The molecule has 1 unspecified atom stereocenters. The Morgan fingerprint density at radius 2 is 2.42 bits per heavy atom. The Morgan fingerprint density at radius 3 is 3.00 bits per heavy atom. The van der Waals surface area contributed by atoms with Crippen molar-refractivity contribution in [3.8, 4) is 6.19 Å². The van der Waals surface area contributed by atoms with Gasteiger partial charge in [-0.2, -0.15) is 5.26 Å². The molecule has 1 heterocycles. The first-order chi connectivity index (χ1) is 5.79. The van der Waals surface area contributed by atoms with Crippen LogP contribution in [0.15, 0.2) is 0 Å². The molecule has 0 saturated carbocycles. The predicted octanol–water partition coefficient (Wildman–Crippen LogP) is 0.0680. The summed E-state index contributed by atoms with van der Waals surface area (Å²) in [5.74, 6) is -0.0451. The standard InChI is InChI=1S/C8H13N3O/c1-10-8(12)7-4-2-3-5-11(7)6-9/h7H,2-5H2,1H3,(H,10,12). The summed E-state index contributed by atoms with van der Waals surface area (Å²) in [6.45, 7) is 0.717. The molecule has 0 aromatic heterocycles. The van der Waals surface area contributed by atoms with E-state index in [1.54, 1.807) is 11.9 Å². The highest BCUT2D eigenvalue weighted by Crippen LogP contribution is 2.15. The van der Waals surface area contributed by atoms with Crippen molar-refractivity contribution in [3.63, 3.8) is 0 Å². The summed E-state index contributed by atoms with van der Waals surface area (Å²) in [6.07, 6.45) is 4.89. The molecule has 1 aliphatic rings. The van der Waals surface area contributed by atoms with E-state index in [-0.39, 0.29) is 11.9 Å². The molecule has 1 saturated heterocycles. The van der Waals surface area contributed by atoms with E-state index in [2.05, 4.69) is 5.32 Å². The Kier molecular flexibility index (Phi) is 2.92. The molecule has 1 amide bonds. The van der Waals surface area contributed by atoms with Crippen LogP contribution in [0.25, 0.3) is 0 Å². The van der Waals surface area contributed by atoms with Crippen LogP contribution in [0.2, 0.25) is 0 Å². The number of carbonyl (C=O) groups excluding carboxylic acids is 1. The zero-order chi connectivity index (χ0) is 8.97. The Balaban J connectivity index is 2.60. The van der Waals surface area contributed by atoms with Crippen LogP contribution in [-0.2, 0) is 4.79 Å². The van der Waals surface area contributed by atoms with Gasteiger partial charge >= 0.3 is 0 Å². The Morgan fingerprint density at radius 1 is 1.67 bits per heavy atom. The van der Waals surface area contributed by atoms with E-state index in [0.717, 1.165) is 19.3 Å². The first-order valence-corrected chi connectivity index (χ1v) is 4.17. The van der Waals surface area contributed by atoms with Gasteiger partial charge in [0.2, 0.25) is 5.91 Å². The van der Waals surface area contributed by atoms with Gasteiger partial charge in [0.1, 0.15) is 6.04 Å². The lowest BCUT2D eigenvalue weighted by Gasteiger charge is -2.29. The van der Waals surface area contributed by atoms with Crippen LogP contribution in [0.3, 0.4) is 0 Å². The maximum Gasteiger partial charge on any atom is 0.243 e. The van der Waals surface area contributed by atoms with E-state index in [1.807, 2.05) is 6.19 Å². The maximum atomic E-state index is 11.2. The minimum atomic E-state index is -0.228. The first-order valence-electron chi connectivity index (χ1n) is 4.17. The SMILES string of the molecule is CNC(=O)C1CCCCN1C#N. The molecule has 1 fully saturated rings.